The molecular weight excluding hydrogens is 299 g/mol. The summed E-state index contributed by atoms with van der Waals surface area (Å²) < 4.78 is 1.16. The third kappa shape index (κ3) is 3.34. The van der Waals surface area contributed by atoms with Crippen LogP contribution in [0.1, 0.15) is 0 Å². The molecule has 1 fully saturated rings. The Morgan fingerprint density at radius 1 is 1.00 bits per heavy atom. The normalized spacial score (nSPS) is 19.5. The van der Waals surface area contributed by atoms with E-state index >= 15 is 0 Å². The van der Waals surface area contributed by atoms with E-state index in [2.05, 4.69) is 49.3 Å². The van der Waals surface area contributed by atoms with E-state index in [9.17, 15) is 0 Å². The molecule has 0 aliphatic carbocycles. The Balaban J connectivity index is 0.00000112. The first-order valence-electron chi connectivity index (χ1n) is 5.29. The number of likely N-dealkylation sites (N-methyl/N-ethyl adjacent to an activating group) is 1. The Hall–Kier alpha value is -0.290. The van der Waals surface area contributed by atoms with E-state index in [-0.39, 0.29) is 24.0 Å². The van der Waals surface area contributed by atoms with Gasteiger partial charge in [0.05, 0.1) is 40.3 Å². The van der Waals surface area contributed by atoms with Gasteiger partial charge in [-0.25, -0.2) is 0 Å². The van der Waals surface area contributed by atoms with Gasteiger partial charge in [-0.3, -0.25) is 0 Å². The van der Waals surface area contributed by atoms with E-state index in [0.717, 1.165) is 4.48 Å². The Bertz CT molecular complexity index is 288. The zero-order valence-electron chi connectivity index (χ0n) is 9.56. The fourth-order valence-corrected chi connectivity index (χ4v) is 1.90. The predicted octanol–water partition coefficient (Wildman–Crippen LogP) is -1.95. The van der Waals surface area contributed by atoms with Crippen LogP contribution in [0.25, 0.3) is 0 Å². The second-order valence-electron chi connectivity index (χ2n) is 4.71. The number of rotatable bonds is 1. The molecule has 15 heavy (non-hydrogen) atoms. The van der Waals surface area contributed by atoms with Crippen molar-refractivity contribution < 1.29 is 28.5 Å². The average Bonchev–Trinajstić information content (AvgIpc) is 2.19. The molecule has 0 atom stereocenters. The first kappa shape index (κ1) is 12.8. The number of piperazine rings is 1. The Morgan fingerprint density at radius 2 is 1.53 bits per heavy atom. The minimum absolute atomic E-state index is 0. The largest absolute Gasteiger partial charge is 0.360 e. The summed E-state index contributed by atoms with van der Waals surface area (Å²) in [4.78, 5) is 2.48. The van der Waals surface area contributed by atoms with Crippen molar-refractivity contribution in [1.29, 1.82) is 0 Å². The summed E-state index contributed by atoms with van der Waals surface area (Å²) in [6, 6.07) is 10.7. The molecule has 0 unspecified atom stereocenters. The van der Waals surface area contributed by atoms with Crippen LogP contribution in [0.2, 0.25) is 0 Å². The molecule has 0 aromatic heterocycles. The lowest BCUT2D eigenvalue weighted by atomic mass is 10.2. The summed E-state index contributed by atoms with van der Waals surface area (Å²) in [6.45, 7) is 4.85. The molecular formula is C12H21IN2+2. The van der Waals surface area contributed by atoms with Gasteiger partial charge in [0, 0.05) is 5.69 Å². The number of anilines is 1. The topological polar surface area (TPSA) is 3.24 Å². The molecule has 84 valence electrons. The van der Waals surface area contributed by atoms with Gasteiger partial charge in [0.15, 0.2) is 0 Å². The van der Waals surface area contributed by atoms with Crippen molar-refractivity contribution in [3.8, 4) is 0 Å². The molecule has 1 aliphatic heterocycles. The standard InChI is InChI=1S/C12H19N2.H2I/c1-14(2)10-8-13(9-11-14)12-6-4-3-5-7-12;/h3-7H,8-11H2,1-2H3;1H2/q2*+1. The van der Waals surface area contributed by atoms with Crippen LogP contribution in [-0.2, 0) is 0 Å². The van der Waals surface area contributed by atoms with Crippen LogP contribution >= 0.6 is 0 Å². The Kier molecular flexibility index (Phi) is 4.40. The van der Waals surface area contributed by atoms with Crippen LogP contribution in [-0.4, -0.2) is 44.8 Å². The maximum absolute atomic E-state index is 2.48. The maximum atomic E-state index is 2.48. The second-order valence-corrected chi connectivity index (χ2v) is 4.71. The van der Waals surface area contributed by atoms with Crippen LogP contribution < -0.4 is 28.9 Å². The molecule has 0 N–H and O–H groups in total. The maximum Gasteiger partial charge on any atom is 0.235 e. The third-order valence-electron chi connectivity index (χ3n) is 3.07. The van der Waals surface area contributed by atoms with Crippen LogP contribution in [0.4, 0.5) is 5.69 Å². The van der Waals surface area contributed by atoms with Crippen molar-refractivity contribution >= 4 is 5.69 Å². The van der Waals surface area contributed by atoms with Crippen LogP contribution in [0.15, 0.2) is 30.3 Å². The zero-order chi connectivity index (χ0) is 10.0. The van der Waals surface area contributed by atoms with Gasteiger partial charge in [0.1, 0.15) is 0 Å². The molecule has 0 amide bonds. The summed E-state index contributed by atoms with van der Waals surface area (Å²) in [5.74, 6) is 0. The molecule has 2 rings (SSSR count). The van der Waals surface area contributed by atoms with Crippen molar-refractivity contribution in [2.75, 3.05) is 45.2 Å². The van der Waals surface area contributed by atoms with Gasteiger partial charge < -0.3 is 9.38 Å². The Morgan fingerprint density at radius 3 is 2.07 bits per heavy atom. The van der Waals surface area contributed by atoms with Crippen LogP contribution in [0.5, 0.6) is 0 Å². The molecule has 1 aromatic rings. The molecule has 3 heteroatoms. The van der Waals surface area contributed by atoms with Crippen molar-refractivity contribution in [2.45, 2.75) is 0 Å². The number of hydrogen-bond acceptors (Lipinski definition) is 1. The van der Waals surface area contributed by atoms with Crippen molar-refractivity contribution in [1.82, 2.24) is 0 Å². The van der Waals surface area contributed by atoms with Crippen molar-refractivity contribution in [3.63, 3.8) is 0 Å². The molecule has 1 heterocycles. The van der Waals surface area contributed by atoms with E-state index in [1.54, 1.807) is 0 Å². The third-order valence-corrected chi connectivity index (χ3v) is 3.07. The van der Waals surface area contributed by atoms with E-state index in [1.165, 1.54) is 31.9 Å². The highest BCUT2D eigenvalue weighted by Crippen LogP contribution is 2.16. The molecule has 0 spiro atoms. The van der Waals surface area contributed by atoms with Gasteiger partial charge >= 0.3 is 0 Å². The highest BCUT2D eigenvalue weighted by molar-refractivity contribution is 5.46. The van der Waals surface area contributed by atoms with Crippen LogP contribution in [0.3, 0.4) is 0 Å². The number of quaternary nitrogens is 1. The molecule has 0 saturated carbocycles. The SMILES string of the molecule is C[N+]1(C)CCN(c2ccccc2)CC1.[IH2+]. The van der Waals surface area contributed by atoms with Gasteiger partial charge in [-0.1, -0.05) is 18.2 Å². The zero-order valence-corrected chi connectivity index (χ0v) is 12.1. The van der Waals surface area contributed by atoms with Gasteiger partial charge in [0.25, 0.3) is 0 Å². The second kappa shape index (κ2) is 5.16. The summed E-state index contributed by atoms with van der Waals surface area (Å²) in [5, 5.41) is 0. The van der Waals surface area contributed by atoms with E-state index in [0.29, 0.717) is 0 Å². The molecule has 1 aromatic carbocycles. The minimum atomic E-state index is 0. The molecule has 1 aliphatic rings. The summed E-state index contributed by atoms with van der Waals surface area (Å²) >= 11 is 0. The fraction of sp³-hybridized carbons (Fsp3) is 0.500. The van der Waals surface area contributed by atoms with Gasteiger partial charge in [-0.15, -0.1) is 0 Å². The minimum Gasteiger partial charge on any atom is -0.360 e. The van der Waals surface area contributed by atoms with Gasteiger partial charge in [0.2, 0.25) is 24.0 Å². The van der Waals surface area contributed by atoms with E-state index < -0.39 is 0 Å². The van der Waals surface area contributed by atoms with E-state index in [4.69, 9.17) is 0 Å². The fourth-order valence-electron chi connectivity index (χ4n) is 1.90. The number of para-hydroxylation sites is 1. The summed E-state index contributed by atoms with van der Waals surface area (Å²) in [5.41, 5.74) is 1.37. The summed E-state index contributed by atoms with van der Waals surface area (Å²) in [7, 11) is 4.62. The molecule has 0 radical (unpaired) electrons. The van der Waals surface area contributed by atoms with Crippen molar-refractivity contribution in [3.05, 3.63) is 30.3 Å². The van der Waals surface area contributed by atoms with Crippen LogP contribution in [0, 0.1) is 0 Å². The lowest BCUT2D eigenvalue weighted by Gasteiger charge is -2.40. The Labute approximate surface area is 109 Å². The molecule has 0 bridgehead atoms. The lowest BCUT2D eigenvalue weighted by molar-refractivity contribution is -0.890. The average molecular weight is 320 g/mol. The highest BCUT2D eigenvalue weighted by Gasteiger charge is 2.23. The number of benzene rings is 1. The predicted molar refractivity (Wildman–Crippen MR) is 63.3 cm³/mol. The monoisotopic (exact) mass is 320 g/mol. The molecule has 1 saturated heterocycles. The first-order valence-corrected chi connectivity index (χ1v) is 5.29. The molecule has 2 nitrogen and oxygen atoms in total. The first-order chi connectivity index (χ1) is 6.67. The summed E-state index contributed by atoms with van der Waals surface area (Å²) in [6.07, 6.45) is 0. The number of hydrogen-bond donors (Lipinski definition) is 0. The lowest BCUT2D eigenvalue weighted by Crippen LogP contribution is -3.00. The van der Waals surface area contributed by atoms with Gasteiger partial charge in [-0.05, 0) is 12.1 Å². The van der Waals surface area contributed by atoms with Crippen molar-refractivity contribution in [2.24, 2.45) is 0 Å². The quantitative estimate of drug-likeness (QED) is 0.430. The smallest absolute Gasteiger partial charge is 0.235 e. The number of halogens is 1. The highest BCUT2D eigenvalue weighted by atomic mass is 127. The van der Waals surface area contributed by atoms with E-state index in [1.807, 2.05) is 0 Å². The number of nitrogens with zero attached hydrogens (tertiary/aromatic N) is 2. The van der Waals surface area contributed by atoms with Gasteiger partial charge in [-0.2, -0.15) is 0 Å².